The third kappa shape index (κ3) is 3.32. The fraction of sp³-hybridized carbons (Fsp3) is 0.636. The van der Waals surface area contributed by atoms with E-state index in [0.29, 0.717) is 31.4 Å². The number of hydrogen-bond acceptors (Lipinski definition) is 3. The molecule has 1 heterocycles. The van der Waals surface area contributed by atoms with Crippen molar-refractivity contribution in [1.29, 1.82) is 0 Å². The first kappa shape index (κ1) is 18.3. The van der Waals surface area contributed by atoms with Crippen LogP contribution in [0.4, 0.5) is 4.79 Å². The summed E-state index contributed by atoms with van der Waals surface area (Å²) in [6, 6.07) is 9.31. The summed E-state index contributed by atoms with van der Waals surface area (Å²) in [6.07, 6.45) is 3.12. The summed E-state index contributed by atoms with van der Waals surface area (Å²) >= 11 is 0. The van der Waals surface area contributed by atoms with E-state index in [1.807, 2.05) is 11.9 Å². The minimum atomic E-state index is -0.353. The number of carbonyl (C=O) groups is 2. The van der Waals surface area contributed by atoms with Gasteiger partial charge in [0.2, 0.25) is 5.91 Å². The number of alkyl carbamates (subject to hydrolysis) is 1. The molecular weight excluding hydrogens is 340 g/mol. The molecule has 4 rings (SSSR count). The van der Waals surface area contributed by atoms with Crippen LogP contribution in [0.25, 0.3) is 0 Å². The van der Waals surface area contributed by atoms with Crippen LogP contribution in [0.15, 0.2) is 24.3 Å². The maximum absolute atomic E-state index is 12.8. The second-order valence-electron chi connectivity index (χ2n) is 9.73. The van der Waals surface area contributed by atoms with Crippen molar-refractivity contribution >= 4 is 12.0 Å². The zero-order valence-electron chi connectivity index (χ0n) is 16.7. The van der Waals surface area contributed by atoms with Gasteiger partial charge in [-0.25, -0.2) is 4.79 Å². The van der Waals surface area contributed by atoms with Crippen molar-refractivity contribution < 1.29 is 14.3 Å². The Labute approximate surface area is 161 Å². The minimum absolute atomic E-state index is 0.0159. The lowest BCUT2D eigenvalue weighted by Crippen LogP contribution is -2.59. The Kier molecular flexibility index (Phi) is 4.24. The first-order valence-electron chi connectivity index (χ1n) is 9.99. The molecule has 27 heavy (non-hydrogen) atoms. The van der Waals surface area contributed by atoms with Crippen molar-refractivity contribution in [2.75, 3.05) is 13.7 Å². The molecule has 1 aromatic rings. The van der Waals surface area contributed by atoms with Gasteiger partial charge in [-0.05, 0) is 48.1 Å². The summed E-state index contributed by atoms with van der Waals surface area (Å²) in [5, 5.41) is 2.86. The number of benzene rings is 1. The molecule has 0 unspecified atom stereocenters. The third-order valence-corrected chi connectivity index (χ3v) is 6.73. The molecule has 0 radical (unpaired) electrons. The van der Waals surface area contributed by atoms with Gasteiger partial charge in [0.05, 0.1) is 5.54 Å². The van der Waals surface area contributed by atoms with Gasteiger partial charge in [-0.15, -0.1) is 0 Å². The molecule has 3 aliphatic rings. The Morgan fingerprint density at radius 2 is 1.81 bits per heavy atom. The molecule has 5 nitrogen and oxygen atoms in total. The molecular formula is C22H30N2O3. The fourth-order valence-electron chi connectivity index (χ4n) is 4.67. The lowest BCUT2D eigenvalue weighted by Gasteiger charge is -2.47. The Morgan fingerprint density at radius 1 is 1.19 bits per heavy atom. The normalized spacial score (nSPS) is 32.3. The van der Waals surface area contributed by atoms with Crippen molar-refractivity contribution in [3.05, 3.63) is 35.4 Å². The Morgan fingerprint density at radius 3 is 2.33 bits per heavy atom. The van der Waals surface area contributed by atoms with Crippen molar-refractivity contribution in [2.24, 2.45) is 5.92 Å². The van der Waals surface area contributed by atoms with E-state index in [9.17, 15) is 9.59 Å². The van der Waals surface area contributed by atoms with Crippen LogP contribution in [0.3, 0.4) is 0 Å². The highest BCUT2D eigenvalue weighted by atomic mass is 16.6. The molecule has 0 atom stereocenters. The van der Waals surface area contributed by atoms with Gasteiger partial charge in [0.25, 0.3) is 0 Å². The van der Waals surface area contributed by atoms with E-state index in [-0.39, 0.29) is 28.9 Å². The highest BCUT2D eigenvalue weighted by Gasteiger charge is 2.53. The minimum Gasteiger partial charge on any atom is -0.447 e. The predicted octanol–water partition coefficient (Wildman–Crippen LogP) is 3.58. The van der Waals surface area contributed by atoms with Crippen LogP contribution in [0.2, 0.25) is 0 Å². The lowest BCUT2D eigenvalue weighted by atomic mass is 9.67. The smallest absolute Gasteiger partial charge is 0.407 e. The quantitative estimate of drug-likeness (QED) is 0.885. The van der Waals surface area contributed by atoms with E-state index in [4.69, 9.17) is 4.74 Å². The second-order valence-corrected chi connectivity index (χ2v) is 9.73. The van der Waals surface area contributed by atoms with Crippen LogP contribution in [-0.4, -0.2) is 42.1 Å². The van der Waals surface area contributed by atoms with Crippen LogP contribution in [0.1, 0.15) is 63.5 Å². The lowest BCUT2D eigenvalue weighted by molar-refractivity contribution is -0.143. The van der Waals surface area contributed by atoms with Crippen LogP contribution < -0.4 is 5.32 Å². The second kappa shape index (κ2) is 6.25. The maximum atomic E-state index is 12.8. The highest BCUT2D eigenvalue weighted by molar-refractivity contribution is 5.81. The molecule has 2 amide bonds. The summed E-state index contributed by atoms with van der Waals surface area (Å²) in [6.45, 7) is 7.09. The van der Waals surface area contributed by atoms with Crippen molar-refractivity contribution in [3.8, 4) is 0 Å². The molecule has 5 heteroatoms. The number of rotatable bonds is 3. The first-order chi connectivity index (χ1) is 12.7. The van der Waals surface area contributed by atoms with Gasteiger partial charge in [0, 0.05) is 19.0 Å². The Hall–Kier alpha value is -2.04. The molecule has 146 valence electrons. The third-order valence-electron chi connectivity index (χ3n) is 6.73. The average Bonchev–Trinajstić information content (AvgIpc) is 2.93. The van der Waals surface area contributed by atoms with Crippen LogP contribution in [0, 0.1) is 5.92 Å². The van der Waals surface area contributed by atoms with Gasteiger partial charge in [0.1, 0.15) is 6.61 Å². The zero-order chi connectivity index (χ0) is 19.4. The zero-order valence-corrected chi connectivity index (χ0v) is 16.7. The fourth-order valence-corrected chi connectivity index (χ4v) is 4.67. The SMILES string of the molecule is CN(C(=O)[C@H]1C[C@]2(COC(=O)N2)C1)[C@H]1C[C@H](c2ccc(C(C)(C)C)cc2)C1. The number of nitrogens with one attached hydrogen (secondary N) is 1. The molecule has 3 fully saturated rings. The van der Waals surface area contributed by atoms with Crippen LogP contribution >= 0.6 is 0 Å². The highest BCUT2D eigenvalue weighted by Crippen LogP contribution is 2.44. The molecule has 1 saturated heterocycles. The van der Waals surface area contributed by atoms with E-state index in [2.05, 4.69) is 50.4 Å². The van der Waals surface area contributed by atoms with E-state index < -0.39 is 0 Å². The molecule has 0 aromatic heterocycles. The number of amides is 2. The topological polar surface area (TPSA) is 58.6 Å². The van der Waals surface area contributed by atoms with Gasteiger partial charge in [0.15, 0.2) is 0 Å². The van der Waals surface area contributed by atoms with Crippen molar-refractivity contribution in [3.63, 3.8) is 0 Å². The average molecular weight is 370 g/mol. The van der Waals surface area contributed by atoms with Gasteiger partial charge >= 0.3 is 6.09 Å². The maximum Gasteiger partial charge on any atom is 0.407 e. The first-order valence-corrected chi connectivity index (χ1v) is 9.99. The number of hydrogen-bond donors (Lipinski definition) is 1. The van der Waals surface area contributed by atoms with Crippen LogP contribution in [-0.2, 0) is 14.9 Å². The standard InChI is InChI=1S/C22H30N2O3/c1-21(2,3)17-7-5-14(6-8-17)15-9-18(10-15)24(4)19(25)16-11-22(12-16)13-27-20(26)23-22/h5-8,15-16,18H,9-13H2,1-4H3,(H,23,26)/t15-,16-,18-,22+. The Bertz CT molecular complexity index is 738. The summed E-state index contributed by atoms with van der Waals surface area (Å²) in [4.78, 5) is 25.9. The Balaban J connectivity index is 1.28. The van der Waals surface area contributed by atoms with E-state index >= 15 is 0 Å². The molecule has 0 bridgehead atoms. The molecule has 1 N–H and O–H groups in total. The van der Waals surface area contributed by atoms with Gasteiger partial charge < -0.3 is 15.0 Å². The number of cyclic esters (lactones) is 1. The van der Waals surface area contributed by atoms with E-state index in [0.717, 1.165) is 12.8 Å². The summed E-state index contributed by atoms with van der Waals surface area (Å²) in [5.74, 6) is 0.782. The summed E-state index contributed by atoms with van der Waals surface area (Å²) in [7, 11) is 1.93. The largest absolute Gasteiger partial charge is 0.447 e. The number of nitrogens with zero attached hydrogens (tertiary/aromatic N) is 1. The van der Waals surface area contributed by atoms with Crippen molar-refractivity contribution in [2.45, 2.75) is 69.4 Å². The number of carbonyl (C=O) groups excluding carboxylic acids is 2. The molecule has 1 aromatic carbocycles. The van der Waals surface area contributed by atoms with Gasteiger partial charge in [-0.2, -0.15) is 0 Å². The number of ether oxygens (including phenoxy) is 1. The monoisotopic (exact) mass is 370 g/mol. The van der Waals surface area contributed by atoms with Crippen LogP contribution in [0.5, 0.6) is 0 Å². The molecule has 2 saturated carbocycles. The summed E-state index contributed by atoms with van der Waals surface area (Å²) < 4.78 is 5.00. The van der Waals surface area contributed by atoms with E-state index in [1.165, 1.54) is 11.1 Å². The molecule has 2 aliphatic carbocycles. The molecule has 1 spiro atoms. The summed E-state index contributed by atoms with van der Waals surface area (Å²) in [5.41, 5.74) is 2.64. The molecule has 1 aliphatic heterocycles. The van der Waals surface area contributed by atoms with Crippen molar-refractivity contribution in [1.82, 2.24) is 10.2 Å². The van der Waals surface area contributed by atoms with Gasteiger partial charge in [-0.3, -0.25) is 4.79 Å². The predicted molar refractivity (Wildman–Crippen MR) is 104 cm³/mol. The van der Waals surface area contributed by atoms with Gasteiger partial charge in [-0.1, -0.05) is 45.0 Å². The van der Waals surface area contributed by atoms with E-state index in [1.54, 1.807) is 0 Å².